The van der Waals surface area contributed by atoms with Gasteiger partial charge in [-0.15, -0.1) is 0 Å². The van der Waals surface area contributed by atoms with Crippen LogP contribution in [0.25, 0.3) is 0 Å². The molecule has 11 heteroatoms. The monoisotopic (exact) mass is 547 g/mol. The molecule has 4 atom stereocenters. The van der Waals surface area contributed by atoms with Gasteiger partial charge in [-0.2, -0.15) is 13.2 Å². The molecule has 210 valence electrons. The van der Waals surface area contributed by atoms with E-state index in [-0.39, 0.29) is 42.7 Å². The molecule has 5 rings (SSSR count). The minimum Gasteiger partial charge on any atom is -0.487 e. The van der Waals surface area contributed by atoms with Crippen LogP contribution in [0.4, 0.5) is 29.3 Å². The minimum atomic E-state index is -4.46. The summed E-state index contributed by atoms with van der Waals surface area (Å²) in [5.74, 6) is 0.419. The van der Waals surface area contributed by atoms with Gasteiger partial charge in [0.2, 0.25) is 5.91 Å². The molecule has 1 saturated carbocycles. The molecular formula is C28H32F3N3O5. The quantitative estimate of drug-likeness (QED) is 0.399. The Hall–Kier alpha value is -3.31. The van der Waals surface area contributed by atoms with Crippen molar-refractivity contribution in [1.29, 1.82) is 0 Å². The molecule has 0 spiro atoms. The second-order valence-electron chi connectivity index (χ2n) is 10.4. The van der Waals surface area contributed by atoms with Crippen molar-refractivity contribution in [2.75, 3.05) is 17.2 Å². The normalized spacial score (nSPS) is 24.7. The van der Waals surface area contributed by atoms with Crippen molar-refractivity contribution in [2.45, 2.75) is 81.4 Å². The number of aliphatic hydroxyl groups is 1. The summed E-state index contributed by atoms with van der Waals surface area (Å²) in [5.41, 5.74) is 0.728. The zero-order valence-electron chi connectivity index (χ0n) is 21.3. The van der Waals surface area contributed by atoms with Crippen LogP contribution in [0.1, 0.15) is 62.0 Å². The van der Waals surface area contributed by atoms with Gasteiger partial charge in [-0.25, -0.2) is 4.79 Å². The van der Waals surface area contributed by atoms with E-state index in [4.69, 9.17) is 9.47 Å². The molecule has 0 aromatic heterocycles. The van der Waals surface area contributed by atoms with E-state index in [1.165, 1.54) is 18.6 Å². The van der Waals surface area contributed by atoms with Crippen molar-refractivity contribution in [1.82, 2.24) is 5.32 Å². The van der Waals surface area contributed by atoms with E-state index in [1.54, 1.807) is 18.2 Å². The molecule has 2 heterocycles. The molecule has 39 heavy (non-hydrogen) atoms. The highest BCUT2D eigenvalue weighted by atomic mass is 19.4. The van der Waals surface area contributed by atoms with Gasteiger partial charge in [-0.1, -0.05) is 19.3 Å². The van der Waals surface area contributed by atoms with E-state index in [9.17, 15) is 27.9 Å². The number of hydrogen-bond donors (Lipinski definition) is 4. The van der Waals surface area contributed by atoms with Gasteiger partial charge in [0.15, 0.2) is 0 Å². The third-order valence-electron chi connectivity index (χ3n) is 7.61. The fraction of sp³-hybridized carbons (Fsp3) is 0.500. The summed E-state index contributed by atoms with van der Waals surface area (Å²) in [4.78, 5) is 25.2. The van der Waals surface area contributed by atoms with Crippen molar-refractivity contribution >= 4 is 23.3 Å². The van der Waals surface area contributed by atoms with Gasteiger partial charge < -0.3 is 30.5 Å². The number of halogens is 3. The first-order valence-corrected chi connectivity index (χ1v) is 13.3. The molecular weight excluding hydrogens is 515 g/mol. The van der Waals surface area contributed by atoms with Crippen LogP contribution in [0, 0.1) is 0 Å². The Balaban J connectivity index is 1.22. The molecule has 8 nitrogen and oxygen atoms in total. The number of hydrogen-bond acceptors (Lipinski definition) is 5. The van der Waals surface area contributed by atoms with Crippen molar-refractivity contribution in [3.05, 3.63) is 53.6 Å². The van der Waals surface area contributed by atoms with Gasteiger partial charge in [-0.05, 0) is 61.7 Å². The van der Waals surface area contributed by atoms with Crippen LogP contribution < -0.4 is 20.7 Å². The predicted molar refractivity (Wildman–Crippen MR) is 138 cm³/mol. The van der Waals surface area contributed by atoms with Crippen molar-refractivity contribution in [3.63, 3.8) is 0 Å². The maximum atomic E-state index is 12.8. The number of ether oxygens (including phenoxy) is 2. The maximum Gasteiger partial charge on any atom is 0.416 e. The Morgan fingerprint density at radius 3 is 2.36 bits per heavy atom. The maximum absolute atomic E-state index is 12.8. The van der Waals surface area contributed by atoms with E-state index in [1.807, 2.05) is 0 Å². The highest BCUT2D eigenvalue weighted by Crippen LogP contribution is 2.47. The lowest BCUT2D eigenvalue weighted by atomic mass is 9.84. The largest absolute Gasteiger partial charge is 0.487 e. The van der Waals surface area contributed by atoms with E-state index < -0.39 is 30.0 Å². The van der Waals surface area contributed by atoms with Crippen LogP contribution >= 0.6 is 0 Å². The summed E-state index contributed by atoms with van der Waals surface area (Å²) in [6, 6.07) is 8.93. The Kier molecular flexibility index (Phi) is 7.99. The van der Waals surface area contributed by atoms with E-state index in [0.29, 0.717) is 17.9 Å². The number of amides is 3. The zero-order valence-corrected chi connectivity index (χ0v) is 21.3. The van der Waals surface area contributed by atoms with Gasteiger partial charge in [0.05, 0.1) is 24.7 Å². The molecule has 4 N–H and O–H groups in total. The second-order valence-corrected chi connectivity index (χ2v) is 10.4. The van der Waals surface area contributed by atoms with Crippen LogP contribution in [0.15, 0.2) is 42.5 Å². The standard InChI is InChI=1S/C28H32F3N3O5/c29-28(30,31)16-6-8-18(9-7-16)33-27(37)34-19-10-11-23-21(12-19)22-13-20(38-24(15-35)26(22)39-23)14-25(36)32-17-4-2-1-3-5-17/h6-12,17,20,22,24,26,35H,1-5,13-15H2,(H,32,36)(H2,33,34,37)/t20-,22-,24-,26+/m0/s1. The van der Waals surface area contributed by atoms with Crippen LogP contribution in [-0.2, 0) is 15.7 Å². The Morgan fingerprint density at radius 1 is 0.974 bits per heavy atom. The van der Waals surface area contributed by atoms with Gasteiger partial charge >= 0.3 is 12.2 Å². The molecule has 1 saturated heterocycles. The molecule has 2 aromatic rings. The predicted octanol–water partition coefficient (Wildman–Crippen LogP) is 5.18. The van der Waals surface area contributed by atoms with Gasteiger partial charge in [-0.3, -0.25) is 4.79 Å². The van der Waals surface area contributed by atoms with Crippen molar-refractivity contribution in [2.24, 2.45) is 0 Å². The average molecular weight is 548 g/mol. The fourth-order valence-corrected chi connectivity index (χ4v) is 5.74. The smallest absolute Gasteiger partial charge is 0.416 e. The number of rotatable bonds is 6. The number of benzene rings is 2. The lowest BCUT2D eigenvalue weighted by molar-refractivity contribution is -0.143. The first-order valence-electron chi connectivity index (χ1n) is 13.3. The number of carbonyl (C=O) groups is 2. The van der Waals surface area contributed by atoms with Crippen LogP contribution in [0.2, 0.25) is 0 Å². The number of fused-ring (bicyclic) bond motifs is 3. The summed E-state index contributed by atoms with van der Waals surface area (Å²) in [6.45, 7) is -0.253. The van der Waals surface area contributed by atoms with Crippen LogP contribution in [-0.4, -0.2) is 48.0 Å². The minimum absolute atomic E-state index is 0.0588. The third-order valence-corrected chi connectivity index (χ3v) is 7.61. The molecule has 3 amide bonds. The first-order chi connectivity index (χ1) is 18.7. The number of aliphatic hydroxyl groups excluding tert-OH is 1. The molecule has 2 fully saturated rings. The zero-order chi connectivity index (χ0) is 27.6. The summed E-state index contributed by atoms with van der Waals surface area (Å²) < 4.78 is 50.4. The fourth-order valence-electron chi connectivity index (χ4n) is 5.74. The molecule has 1 aliphatic carbocycles. The number of urea groups is 1. The SMILES string of the molecule is O=C(C[C@@H]1C[C@H]2c3cc(NC(=O)Nc4ccc(C(F)(F)F)cc4)ccc3O[C@H]2[C@H](CO)O1)NC1CCCCC1. The number of anilines is 2. The van der Waals surface area contributed by atoms with Gasteiger partial charge in [0.1, 0.15) is 18.0 Å². The number of nitrogens with one attached hydrogen (secondary N) is 3. The van der Waals surface area contributed by atoms with Crippen molar-refractivity contribution < 1.29 is 37.3 Å². The third kappa shape index (κ3) is 6.47. The van der Waals surface area contributed by atoms with E-state index in [2.05, 4.69) is 16.0 Å². The van der Waals surface area contributed by atoms with E-state index in [0.717, 1.165) is 43.4 Å². The van der Waals surface area contributed by atoms with Crippen LogP contribution in [0.5, 0.6) is 5.75 Å². The summed E-state index contributed by atoms with van der Waals surface area (Å²) in [7, 11) is 0. The number of alkyl halides is 3. The molecule has 0 bridgehead atoms. The highest BCUT2D eigenvalue weighted by molar-refractivity contribution is 5.99. The Bertz CT molecular complexity index is 1180. The number of carbonyl (C=O) groups excluding carboxylic acids is 2. The Morgan fingerprint density at radius 2 is 1.67 bits per heavy atom. The molecule has 0 radical (unpaired) electrons. The highest BCUT2D eigenvalue weighted by Gasteiger charge is 2.46. The van der Waals surface area contributed by atoms with Crippen molar-refractivity contribution in [3.8, 4) is 5.75 Å². The topological polar surface area (TPSA) is 109 Å². The molecule has 3 aliphatic rings. The second kappa shape index (κ2) is 11.4. The summed E-state index contributed by atoms with van der Waals surface area (Å²) in [5, 5.41) is 18.3. The van der Waals surface area contributed by atoms with E-state index >= 15 is 0 Å². The van der Waals surface area contributed by atoms with Gasteiger partial charge in [0, 0.05) is 28.9 Å². The Labute approximate surface area is 224 Å². The lowest BCUT2D eigenvalue weighted by Gasteiger charge is -2.37. The first kappa shape index (κ1) is 27.3. The average Bonchev–Trinajstić information content (AvgIpc) is 3.26. The summed E-state index contributed by atoms with van der Waals surface area (Å²) >= 11 is 0. The van der Waals surface area contributed by atoms with Gasteiger partial charge in [0.25, 0.3) is 0 Å². The molecule has 2 aliphatic heterocycles. The molecule has 0 unspecified atom stereocenters. The lowest BCUT2D eigenvalue weighted by Crippen LogP contribution is -2.48. The van der Waals surface area contributed by atoms with Crippen LogP contribution in [0.3, 0.4) is 0 Å². The summed E-state index contributed by atoms with van der Waals surface area (Å²) in [6.07, 6.45) is 0.279. The molecule has 2 aromatic carbocycles.